The van der Waals surface area contributed by atoms with Crippen LogP contribution in [0, 0.1) is 6.07 Å². The average molecular weight is 193 g/mol. The zero-order chi connectivity index (χ0) is 10.6. The van der Waals surface area contributed by atoms with Crippen molar-refractivity contribution in [3.63, 3.8) is 0 Å². The van der Waals surface area contributed by atoms with Gasteiger partial charge in [-0.05, 0) is 19.9 Å². The van der Waals surface area contributed by atoms with Gasteiger partial charge in [0.15, 0.2) is 6.29 Å². The topological polar surface area (TPSA) is 46.5 Å². The van der Waals surface area contributed by atoms with Gasteiger partial charge in [-0.15, -0.1) is 0 Å². The fourth-order valence-electron chi connectivity index (χ4n) is 0.872. The lowest BCUT2D eigenvalue weighted by atomic mass is 10.1. The van der Waals surface area contributed by atoms with Gasteiger partial charge in [-0.1, -0.05) is 12.1 Å². The lowest BCUT2D eigenvalue weighted by Gasteiger charge is -2.17. The minimum absolute atomic E-state index is 0.172. The first-order valence-electron chi connectivity index (χ1n) is 4.34. The fourth-order valence-corrected chi connectivity index (χ4v) is 0.872. The zero-order valence-corrected chi connectivity index (χ0v) is 8.28. The largest absolute Gasteiger partial charge is 0.490 e. The zero-order valence-electron chi connectivity index (χ0n) is 8.28. The first kappa shape index (κ1) is 10.7. The number of hydrogen-bond donors (Lipinski definition) is 1. The summed E-state index contributed by atoms with van der Waals surface area (Å²) in [6.45, 7) is 3.47. The standard InChI is InChI=1S/C11H13O3/c1-11(2,13)8-14-10-5-3-4-9(6-10)7-12/h3-5,7,13H,8H2,1-2H3. The Hall–Kier alpha value is -1.35. The number of carbonyl (C=O) groups excluding carboxylic acids is 1. The van der Waals surface area contributed by atoms with Gasteiger partial charge < -0.3 is 9.84 Å². The molecule has 1 aromatic carbocycles. The highest BCUT2D eigenvalue weighted by Gasteiger charge is 2.13. The Balaban J connectivity index is 2.63. The maximum absolute atomic E-state index is 10.4. The van der Waals surface area contributed by atoms with Gasteiger partial charge in [0.1, 0.15) is 12.4 Å². The van der Waals surface area contributed by atoms with Crippen molar-refractivity contribution in [1.82, 2.24) is 0 Å². The van der Waals surface area contributed by atoms with Crippen molar-refractivity contribution in [3.05, 3.63) is 29.8 Å². The normalized spacial score (nSPS) is 11.1. The van der Waals surface area contributed by atoms with Crippen LogP contribution in [-0.4, -0.2) is 23.6 Å². The summed E-state index contributed by atoms with van der Waals surface area (Å²) in [4.78, 5) is 10.4. The Morgan fingerprint density at radius 1 is 1.57 bits per heavy atom. The van der Waals surface area contributed by atoms with Gasteiger partial charge in [0.25, 0.3) is 0 Å². The minimum Gasteiger partial charge on any atom is -0.490 e. The smallest absolute Gasteiger partial charge is 0.150 e. The van der Waals surface area contributed by atoms with Crippen LogP contribution < -0.4 is 4.74 Å². The van der Waals surface area contributed by atoms with Crippen LogP contribution in [0.4, 0.5) is 0 Å². The van der Waals surface area contributed by atoms with Gasteiger partial charge in [-0.2, -0.15) is 0 Å². The van der Waals surface area contributed by atoms with Crippen LogP contribution in [0.5, 0.6) is 5.75 Å². The fraction of sp³-hybridized carbons (Fsp3) is 0.364. The summed E-state index contributed by atoms with van der Waals surface area (Å²) in [7, 11) is 0. The first-order valence-corrected chi connectivity index (χ1v) is 4.34. The SMILES string of the molecule is CC(C)(O)COc1[c]c(C=O)ccc1. The van der Waals surface area contributed by atoms with Crippen molar-refractivity contribution in [3.8, 4) is 5.75 Å². The molecule has 0 fully saturated rings. The molecule has 1 N–H and O–H groups in total. The molecule has 3 nitrogen and oxygen atoms in total. The Labute approximate surface area is 83.3 Å². The number of ether oxygens (including phenoxy) is 1. The molecule has 0 aliphatic rings. The quantitative estimate of drug-likeness (QED) is 0.736. The van der Waals surface area contributed by atoms with Crippen molar-refractivity contribution < 1.29 is 14.6 Å². The summed E-state index contributed by atoms with van der Waals surface area (Å²) in [6, 6.07) is 7.81. The molecule has 14 heavy (non-hydrogen) atoms. The van der Waals surface area contributed by atoms with Gasteiger partial charge >= 0.3 is 0 Å². The second-order valence-electron chi connectivity index (χ2n) is 3.69. The highest BCUT2D eigenvalue weighted by molar-refractivity contribution is 5.74. The lowest BCUT2D eigenvalue weighted by molar-refractivity contribution is 0.0284. The number of aldehydes is 1. The van der Waals surface area contributed by atoms with Gasteiger partial charge in [-0.3, -0.25) is 4.79 Å². The maximum Gasteiger partial charge on any atom is 0.150 e. The van der Waals surface area contributed by atoms with Crippen molar-refractivity contribution in [2.24, 2.45) is 0 Å². The molecule has 0 saturated carbocycles. The molecule has 75 valence electrons. The van der Waals surface area contributed by atoms with E-state index in [1.54, 1.807) is 32.0 Å². The van der Waals surface area contributed by atoms with E-state index in [-0.39, 0.29) is 6.61 Å². The Morgan fingerprint density at radius 2 is 2.29 bits per heavy atom. The second-order valence-corrected chi connectivity index (χ2v) is 3.69. The van der Waals surface area contributed by atoms with E-state index in [9.17, 15) is 9.90 Å². The van der Waals surface area contributed by atoms with E-state index in [2.05, 4.69) is 6.07 Å². The van der Waals surface area contributed by atoms with Crippen LogP contribution in [0.3, 0.4) is 0 Å². The number of aliphatic hydroxyl groups is 1. The Bertz CT molecular complexity index is 313. The molecule has 0 heterocycles. The molecule has 0 unspecified atom stereocenters. The Kier molecular flexibility index (Phi) is 3.25. The molecule has 0 spiro atoms. The van der Waals surface area contributed by atoms with Gasteiger partial charge in [0.2, 0.25) is 0 Å². The summed E-state index contributed by atoms with van der Waals surface area (Å²) in [5.41, 5.74) is -0.441. The van der Waals surface area contributed by atoms with E-state index in [0.29, 0.717) is 17.6 Å². The van der Waals surface area contributed by atoms with E-state index in [4.69, 9.17) is 4.74 Å². The van der Waals surface area contributed by atoms with Gasteiger partial charge in [-0.25, -0.2) is 0 Å². The van der Waals surface area contributed by atoms with Crippen LogP contribution in [0.1, 0.15) is 24.2 Å². The van der Waals surface area contributed by atoms with Crippen molar-refractivity contribution in [2.75, 3.05) is 6.61 Å². The summed E-state index contributed by atoms with van der Waals surface area (Å²) < 4.78 is 5.25. The molecule has 3 heteroatoms. The van der Waals surface area contributed by atoms with Crippen LogP contribution >= 0.6 is 0 Å². The minimum atomic E-state index is -0.884. The molecule has 0 aromatic heterocycles. The van der Waals surface area contributed by atoms with Crippen LogP contribution in [0.15, 0.2) is 18.2 Å². The van der Waals surface area contributed by atoms with E-state index < -0.39 is 5.60 Å². The average Bonchev–Trinajstić information content (AvgIpc) is 2.14. The number of carbonyl (C=O) groups is 1. The van der Waals surface area contributed by atoms with E-state index >= 15 is 0 Å². The summed E-state index contributed by atoms with van der Waals surface area (Å²) in [6.07, 6.45) is 0.705. The third kappa shape index (κ3) is 3.58. The molecule has 1 rings (SSSR count). The molecular formula is C11H13O3. The van der Waals surface area contributed by atoms with Crippen molar-refractivity contribution >= 4 is 6.29 Å². The number of hydrogen-bond acceptors (Lipinski definition) is 3. The number of rotatable bonds is 4. The highest BCUT2D eigenvalue weighted by Crippen LogP contribution is 2.13. The van der Waals surface area contributed by atoms with E-state index in [0.717, 1.165) is 0 Å². The third-order valence-electron chi connectivity index (χ3n) is 1.50. The van der Waals surface area contributed by atoms with Crippen LogP contribution in [0.25, 0.3) is 0 Å². The monoisotopic (exact) mass is 193 g/mol. The predicted octanol–water partition coefficient (Wildman–Crippen LogP) is 1.45. The van der Waals surface area contributed by atoms with Crippen LogP contribution in [-0.2, 0) is 0 Å². The Morgan fingerprint density at radius 3 is 2.86 bits per heavy atom. The molecule has 0 atom stereocenters. The van der Waals surface area contributed by atoms with Crippen LogP contribution in [0.2, 0.25) is 0 Å². The van der Waals surface area contributed by atoms with E-state index in [1.165, 1.54) is 0 Å². The summed E-state index contributed by atoms with van der Waals surface area (Å²) >= 11 is 0. The molecule has 1 radical (unpaired) electrons. The maximum atomic E-state index is 10.4. The molecule has 0 aliphatic carbocycles. The second kappa shape index (κ2) is 4.24. The highest BCUT2D eigenvalue weighted by atomic mass is 16.5. The van der Waals surface area contributed by atoms with Crippen molar-refractivity contribution in [1.29, 1.82) is 0 Å². The van der Waals surface area contributed by atoms with Gasteiger partial charge in [0.05, 0.1) is 5.60 Å². The molecule has 0 bridgehead atoms. The number of benzene rings is 1. The molecule has 0 aliphatic heterocycles. The summed E-state index contributed by atoms with van der Waals surface area (Å²) in [5, 5.41) is 9.40. The lowest BCUT2D eigenvalue weighted by Crippen LogP contribution is -2.27. The van der Waals surface area contributed by atoms with Crippen molar-refractivity contribution in [2.45, 2.75) is 19.4 Å². The molecule has 1 aromatic rings. The molecular weight excluding hydrogens is 180 g/mol. The molecule has 0 amide bonds. The molecule has 0 saturated heterocycles. The van der Waals surface area contributed by atoms with E-state index in [1.807, 2.05) is 0 Å². The van der Waals surface area contributed by atoms with Gasteiger partial charge in [0, 0.05) is 11.6 Å². The third-order valence-corrected chi connectivity index (χ3v) is 1.50. The summed E-state index contributed by atoms with van der Waals surface area (Å²) in [5.74, 6) is 0.469. The first-order chi connectivity index (χ1) is 6.51. The predicted molar refractivity (Wildman–Crippen MR) is 52.5 cm³/mol.